The van der Waals surface area contributed by atoms with Crippen molar-refractivity contribution in [2.24, 2.45) is 23.6 Å². The van der Waals surface area contributed by atoms with Crippen LogP contribution in [-0.4, -0.2) is 0 Å². The molecule has 2 aliphatic carbocycles. The molecule has 0 amide bonds. The van der Waals surface area contributed by atoms with E-state index in [0.29, 0.717) is 6.04 Å². The smallest absolute Gasteiger partial charge is 0.0462 e. The fourth-order valence-electron chi connectivity index (χ4n) is 4.15. The maximum atomic E-state index is 5.81. The first-order valence-corrected chi connectivity index (χ1v) is 8.19. The lowest BCUT2D eigenvalue weighted by Gasteiger charge is -2.27. The standard InChI is InChI=1S/C16H23BrN2/c1-10-6-13(4-5-15(10)17)16(19-18)9-14-8-11-2-3-12(14)7-11/h4-6,11-12,14,16,19H,2-3,7-9,18H2,1H3. The summed E-state index contributed by atoms with van der Waals surface area (Å²) < 4.78 is 1.17. The maximum Gasteiger partial charge on any atom is 0.0462 e. The zero-order chi connectivity index (χ0) is 13.4. The van der Waals surface area contributed by atoms with Gasteiger partial charge in [-0.15, -0.1) is 0 Å². The van der Waals surface area contributed by atoms with Gasteiger partial charge in [0.05, 0.1) is 0 Å². The molecule has 0 spiro atoms. The van der Waals surface area contributed by atoms with Gasteiger partial charge in [-0.2, -0.15) is 0 Å². The van der Waals surface area contributed by atoms with Gasteiger partial charge >= 0.3 is 0 Å². The van der Waals surface area contributed by atoms with Crippen molar-refractivity contribution >= 4 is 15.9 Å². The summed E-state index contributed by atoms with van der Waals surface area (Å²) in [5.41, 5.74) is 5.64. The fourth-order valence-corrected chi connectivity index (χ4v) is 4.40. The average Bonchev–Trinajstić information content (AvgIpc) is 3.01. The van der Waals surface area contributed by atoms with Crippen molar-refractivity contribution in [2.75, 3.05) is 0 Å². The number of fused-ring (bicyclic) bond motifs is 2. The molecule has 19 heavy (non-hydrogen) atoms. The van der Waals surface area contributed by atoms with Crippen LogP contribution in [0.15, 0.2) is 22.7 Å². The summed E-state index contributed by atoms with van der Waals surface area (Å²) in [7, 11) is 0. The number of hydrogen-bond donors (Lipinski definition) is 2. The van der Waals surface area contributed by atoms with E-state index in [1.807, 2.05) is 0 Å². The van der Waals surface area contributed by atoms with E-state index in [-0.39, 0.29) is 0 Å². The number of halogens is 1. The van der Waals surface area contributed by atoms with Crippen LogP contribution in [0.4, 0.5) is 0 Å². The average molecular weight is 323 g/mol. The molecular formula is C16H23BrN2. The van der Waals surface area contributed by atoms with Crippen molar-refractivity contribution in [3.05, 3.63) is 33.8 Å². The molecule has 0 heterocycles. The van der Waals surface area contributed by atoms with E-state index in [1.54, 1.807) is 0 Å². The predicted molar refractivity (Wildman–Crippen MR) is 82.5 cm³/mol. The van der Waals surface area contributed by atoms with Crippen LogP contribution in [0.5, 0.6) is 0 Å². The third-order valence-electron chi connectivity index (χ3n) is 5.21. The van der Waals surface area contributed by atoms with Crippen LogP contribution < -0.4 is 11.3 Å². The Labute approximate surface area is 124 Å². The third kappa shape index (κ3) is 2.74. The highest BCUT2D eigenvalue weighted by molar-refractivity contribution is 9.10. The van der Waals surface area contributed by atoms with E-state index in [2.05, 4.69) is 46.5 Å². The lowest BCUT2D eigenvalue weighted by Crippen LogP contribution is -2.30. The number of nitrogens with one attached hydrogen (secondary N) is 1. The topological polar surface area (TPSA) is 38.0 Å². The number of aryl methyl sites for hydroxylation is 1. The predicted octanol–water partition coefficient (Wildman–Crippen LogP) is 4.09. The van der Waals surface area contributed by atoms with Gasteiger partial charge in [0.1, 0.15) is 0 Å². The minimum Gasteiger partial charge on any atom is -0.271 e. The van der Waals surface area contributed by atoms with Crippen LogP contribution in [0, 0.1) is 24.7 Å². The van der Waals surface area contributed by atoms with Gasteiger partial charge in [0.25, 0.3) is 0 Å². The number of benzene rings is 1. The number of nitrogens with two attached hydrogens (primary N) is 1. The first-order valence-electron chi connectivity index (χ1n) is 7.39. The number of hydrogen-bond acceptors (Lipinski definition) is 2. The van der Waals surface area contributed by atoms with Crippen molar-refractivity contribution in [3.63, 3.8) is 0 Å². The first kappa shape index (κ1) is 13.6. The minimum atomic E-state index is 0.302. The van der Waals surface area contributed by atoms with Gasteiger partial charge in [-0.3, -0.25) is 11.3 Å². The molecule has 104 valence electrons. The second-order valence-electron chi connectivity index (χ2n) is 6.40. The molecule has 4 unspecified atom stereocenters. The van der Waals surface area contributed by atoms with Crippen LogP contribution in [0.2, 0.25) is 0 Å². The second kappa shape index (κ2) is 5.55. The first-order chi connectivity index (χ1) is 9.17. The van der Waals surface area contributed by atoms with Gasteiger partial charge < -0.3 is 0 Å². The van der Waals surface area contributed by atoms with Gasteiger partial charge in [0, 0.05) is 10.5 Å². The Morgan fingerprint density at radius 3 is 2.79 bits per heavy atom. The largest absolute Gasteiger partial charge is 0.271 e. The molecule has 2 bridgehead atoms. The molecule has 0 saturated heterocycles. The Morgan fingerprint density at radius 1 is 1.37 bits per heavy atom. The summed E-state index contributed by atoms with van der Waals surface area (Å²) in [5, 5.41) is 0. The molecule has 2 aliphatic rings. The highest BCUT2D eigenvalue weighted by Gasteiger charge is 2.40. The Morgan fingerprint density at radius 2 is 2.21 bits per heavy atom. The molecule has 2 fully saturated rings. The monoisotopic (exact) mass is 322 g/mol. The molecule has 2 nitrogen and oxygen atoms in total. The van der Waals surface area contributed by atoms with E-state index in [0.717, 1.165) is 17.8 Å². The second-order valence-corrected chi connectivity index (χ2v) is 7.25. The Hall–Kier alpha value is -0.380. The number of rotatable bonds is 4. The van der Waals surface area contributed by atoms with Gasteiger partial charge in [-0.05, 0) is 67.6 Å². The third-order valence-corrected chi connectivity index (χ3v) is 6.10. The summed E-state index contributed by atoms with van der Waals surface area (Å²) in [6.45, 7) is 2.14. The van der Waals surface area contributed by atoms with E-state index in [9.17, 15) is 0 Å². The highest BCUT2D eigenvalue weighted by Crippen LogP contribution is 2.50. The van der Waals surface area contributed by atoms with Gasteiger partial charge in [0.15, 0.2) is 0 Å². The zero-order valence-corrected chi connectivity index (χ0v) is 13.1. The summed E-state index contributed by atoms with van der Waals surface area (Å²) >= 11 is 3.56. The lowest BCUT2D eigenvalue weighted by molar-refractivity contribution is 0.280. The summed E-state index contributed by atoms with van der Waals surface area (Å²) in [4.78, 5) is 0. The van der Waals surface area contributed by atoms with Gasteiger partial charge in [-0.25, -0.2) is 0 Å². The zero-order valence-electron chi connectivity index (χ0n) is 11.5. The number of hydrazine groups is 1. The van der Waals surface area contributed by atoms with Crippen LogP contribution in [0.1, 0.15) is 49.3 Å². The fraction of sp³-hybridized carbons (Fsp3) is 0.625. The van der Waals surface area contributed by atoms with Gasteiger partial charge in [0.2, 0.25) is 0 Å². The van der Waals surface area contributed by atoms with Crippen molar-refractivity contribution < 1.29 is 0 Å². The quantitative estimate of drug-likeness (QED) is 0.647. The normalized spacial score (nSPS) is 30.8. The van der Waals surface area contributed by atoms with Crippen LogP contribution in [0.3, 0.4) is 0 Å². The van der Waals surface area contributed by atoms with Crippen LogP contribution >= 0.6 is 15.9 Å². The molecule has 2 saturated carbocycles. The van der Waals surface area contributed by atoms with Gasteiger partial charge in [-0.1, -0.05) is 34.5 Å². The summed E-state index contributed by atoms with van der Waals surface area (Å²) in [6.07, 6.45) is 7.02. The molecule has 4 atom stereocenters. The Bertz CT molecular complexity index is 460. The van der Waals surface area contributed by atoms with Crippen molar-refractivity contribution in [3.8, 4) is 0 Å². The molecule has 0 radical (unpaired) electrons. The molecule has 3 heteroatoms. The van der Waals surface area contributed by atoms with Crippen LogP contribution in [0.25, 0.3) is 0 Å². The van der Waals surface area contributed by atoms with E-state index < -0.39 is 0 Å². The Kier molecular flexibility index (Phi) is 3.97. The van der Waals surface area contributed by atoms with Crippen molar-refractivity contribution in [2.45, 2.75) is 45.1 Å². The summed E-state index contributed by atoms with van der Waals surface area (Å²) in [5.74, 6) is 8.67. The summed E-state index contributed by atoms with van der Waals surface area (Å²) in [6, 6.07) is 6.88. The molecule has 1 aromatic rings. The van der Waals surface area contributed by atoms with Crippen LogP contribution in [-0.2, 0) is 0 Å². The molecule has 0 aromatic heterocycles. The highest BCUT2D eigenvalue weighted by atomic mass is 79.9. The minimum absolute atomic E-state index is 0.302. The van der Waals surface area contributed by atoms with E-state index >= 15 is 0 Å². The van der Waals surface area contributed by atoms with Crippen molar-refractivity contribution in [1.82, 2.24) is 5.43 Å². The molecule has 0 aliphatic heterocycles. The molecule has 3 rings (SSSR count). The maximum absolute atomic E-state index is 5.81. The van der Waals surface area contributed by atoms with E-state index in [4.69, 9.17) is 5.84 Å². The molecule has 1 aromatic carbocycles. The SMILES string of the molecule is Cc1cc(C(CC2CC3CCC2C3)NN)ccc1Br. The van der Waals surface area contributed by atoms with E-state index in [1.165, 1.54) is 47.7 Å². The lowest BCUT2D eigenvalue weighted by atomic mass is 9.83. The molecular weight excluding hydrogens is 300 g/mol. The Balaban J connectivity index is 1.71. The van der Waals surface area contributed by atoms with Crippen molar-refractivity contribution in [1.29, 1.82) is 0 Å². The molecule has 3 N–H and O–H groups in total.